The number of fused-ring (bicyclic) bond motifs is 1. The van der Waals surface area contributed by atoms with Crippen molar-refractivity contribution in [2.45, 2.75) is 19.0 Å². The third-order valence-electron chi connectivity index (χ3n) is 4.42. The Morgan fingerprint density at radius 3 is 2.83 bits per heavy atom. The van der Waals surface area contributed by atoms with E-state index in [0.29, 0.717) is 6.04 Å². The number of benzene rings is 2. The van der Waals surface area contributed by atoms with E-state index in [0.717, 1.165) is 28.0 Å². The van der Waals surface area contributed by atoms with Gasteiger partial charge < -0.3 is 4.90 Å². The number of thioether (sulfide) groups is 1. The van der Waals surface area contributed by atoms with Crippen molar-refractivity contribution < 1.29 is 4.39 Å². The minimum atomic E-state index is -0.185. The lowest BCUT2D eigenvalue weighted by molar-refractivity contribution is 0.588. The van der Waals surface area contributed by atoms with Crippen LogP contribution in [0.3, 0.4) is 0 Å². The number of halogens is 1. The number of rotatable bonds is 2. The van der Waals surface area contributed by atoms with E-state index in [4.69, 9.17) is 0 Å². The molecule has 5 heteroatoms. The number of nitrogens with zero attached hydrogens (tertiary/aromatic N) is 2. The van der Waals surface area contributed by atoms with Crippen molar-refractivity contribution in [1.29, 1.82) is 0 Å². The molecule has 2 unspecified atom stereocenters. The van der Waals surface area contributed by atoms with Crippen molar-refractivity contribution in [3.8, 4) is 0 Å². The third kappa shape index (κ3) is 2.70. The monoisotopic (exact) mass is 327 g/mol. The molecule has 1 aromatic heterocycles. The molecular weight excluding hydrogens is 309 g/mol. The summed E-state index contributed by atoms with van der Waals surface area (Å²) in [4.78, 5) is 2.45. The number of aromatic nitrogens is 2. The van der Waals surface area contributed by atoms with Gasteiger partial charge in [0.1, 0.15) is 5.82 Å². The van der Waals surface area contributed by atoms with E-state index in [1.54, 1.807) is 12.1 Å². The Balaban J connectivity index is 1.75. The quantitative estimate of drug-likeness (QED) is 0.758. The topological polar surface area (TPSA) is 31.9 Å². The van der Waals surface area contributed by atoms with Crippen LogP contribution in [0.25, 0.3) is 10.9 Å². The van der Waals surface area contributed by atoms with E-state index in [2.05, 4.69) is 40.2 Å². The molecular formula is C18H18FN3S. The molecule has 0 saturated carbocycles. The summed E-state index contributed by atoms with van der Waals surface area (Å²) in [7, 11) is 0. The summed E-state index contributed by atoms with van der Waals surface area (Å²) in [5.41, 5.74) is 3.39. The van der Waals surface area contributed by atoms with Crippen molar-refractivity contribution in [1.82, 2.24) is 10.2 Å². The van der Waals surface area contributed by atoms with Crippen molar-refractivity contribution in [2.75, 3.05) is 16.4 Å². The van der Waals surface area contributed by atoms with Gasteiger partial charge in [-0.3, -0.25) is 5.10 Å². The molecule has 3 nitrogen and oxygen atoms in total. The molecule has 2 atom stereocenters. The van der Waals surface area contributed by atoms with Crippen LogP contribution in [0.2, 0.25) is 0 Å². The molecule has 1 aliphatic heterocycles. The van der Waals surface area contributed by atoms with Gasteiger partial charge in [-0.05, 0) is 42.8 Å². The fourth-order valence-electron chi connectivity index (χ4n) is 3.28. The first-order chi connectivity index (χ1) is 11.2. The first kappa shape index (κ1) is 14.6. The van der Waals surface area contributed by atoms with E-state index < -0.39 is 0 Å². The maximum absolute atomic E-state index is 13.3. The molecule has 3 aromatic rings. The number of H-pyrrole nitrogens is 1. The summed E-state index contributed by atoms with van der Waals surface area (Å²) < 4.78 is 13.3. The van der Waals surface area contributed by atoms with E-state index in [9.17, 15) is 4.39 Å². The van der Waals surface area contributed by atoms with Crippen LogP contribution in [0.4, 0.5) is 10.1 Å². The Kier molecular flexibility index (Phi) is 3.73. The molecule has 0 radical (unpaired) electrons. The van der Waals surface area contributed by atoms with Gasteiger partial charge >= 0.3 is 0 Å². The fourth-order valence-corrected chi connectivity index (χ4v) is 4.49. The van der Waals surface area contributed by atoms with Crippen LogP contribution in [0.5, 0.6) is 0 Å². The largest absolute Gasteiger partial charge is 0.360 e. The van der Waals surface area contributed by atoms with Gasteiger partial charge in [0.15, 0.2) is 0 Å². The zero-order valence-corrected chi connectivity index (χ0v) is 13.7. The molecule has 2 aromatic carbocycles. The lowest BCUT2D eigenvalue weighted by Gasteiger charge is -2.42. The third-order valence-corrected chi connectivity index (χ3v) is 5.69. The van der Waals surface area contributed by atoms with Gasteiger partial charge in [-0.2, -0.15) is 16.9 Å². The van der Waals surface area contributed by atoms with Crippen LogP contribution in [0.1, 0.15) is 18.5 Å². The Labute approximate surface area is 138 Å². The van der Waals surface area contributed by atoms with Crippen molar-refractivity contribution in [2.24, 2.45) is 0 Å². The first-order valence-electron chi connectivity index (χ1n) is 7.77. The highest BCUT2D eigenvalue weighted by molar-refractivity contribution is 7.99. The minimum Gasteiger partial charge on any atom is -0.360 e. The van der Waals surface area contributed by atoms with Gasteiger partial charge in [0, 0.05) is 28.6 Å². The maximum Gasteiger partial charge on any atom is 0.123 e. The van der Waals surface area contributed by atoms with Gasteiger partial charge in [0.25, 0.3) is 0 Å². The molecule has 2 heterocycles. The lowest BCUT2D eigenvalue weighted by Crippen LogP contribution is -2.43. The van der Waals surface area contributed by atoms with Crippen LogP contribution in [0, 0.1) is 5.82 Å². The molecule has 1 saturated heterocycles. The molecule has 118 valence electrons. The summed E-state index contributed by atoms with van der Waals surface area (Å²) in [5.74, 6) is 1.92. The number of aromatic amines is 1. The normalized spacial score (nSPS) is 21.7. The summed E-state index contributed by atoms with van der Waals surface area (Å²) in [6.07, 6.45) is 1.84. The SMILES string of the molecule is CC1CSCC(c2ccc(F)cc2)N1c1ccc2cn[nH]c2c1. The van der Waals surface area contributed by atoms with Gasteiger partial charge in [-0.1, -0.05) is 12.1 Å². The second-order valence-electron chi connectivity index (χ2n) is 6.00. The molecule has 0 aliphatic carbocycles. The highest BCUT2D eigenvalue weighted by atomic mass is 32.2. The highest BCUT2D eigenvalue weighted by Gasteiger charge is 2.29. The predicted molar refractivity (Wildman–Crippen MR) is 94.5 cm³/mol. The van der Waals surface area contributed by atoms with Crippen LogP contribution < -0.4 is 4.90 Å². The molecule has 0 amide bonds. The van der Waals surface area contributed by atoms with E-state index >= 15 is 0 Å². The Morgan fingerprint density at radius 2 is 2.00 bits per heavy atom. The molecule has 23 heavy (non-hydrogen) atoms. The minimum absolute atomic E-state index is 0.185. The molecule has 1 N–H and O–H groups in total. The Bertz CT molecular complexity index is 815. The smallest absolute Gasteiger partial charge is 0.123 e. The van der Waals surface area contributed by atoms with Crippen molar-refractivity contribution in [3.63, 3.8) is 0 Å². The van der Waals surface area contributed by atoms with Crippen LogP contribution in [-0.4, -0.2) is 27.7 Å². The molecule has 0 spiro atoms. The summed E-state index contributed by atoms with van der Waals surface area (Å²) in [5, 5.41) is 8.27. The van der Waals surface area contributed by atoms with Crippen LogP contribution in [0.15, 0.2) is 48.7 Å². The first-order valence-corrected chi connectivity index (χ1v) is 8.92. The predicted octanol–water partition coefficient (Wildman–Crippen LogP) is 4.39. The highest BCUT2D eigenvalue weighted by Crippen LogP contribution is 2.37. The second kappa shape index (κ2) is 5.89. The molecule has 1 aliphatic rings. The van der Waals surface area contributed by atoms with E-state index in [1.807, 2.05) is 30.1 Å². The average Bonchev–Trinajstić information content (AvgIpc) is 3.03. The summed E-state index contributed by atoms with van der Waals surface area (Å²) in [6.45, 7) is 2.25. The van der Waals surface area contributed by atoms with Gasteiger partial charge in [0.05, 0.1) is 17.8 Å². The van der Waals surface area contributed by atoms with Gasteiger partial charge in [-0.25, -0.2) is 4.39 Å². The lowest BCUT2D eigenvalue weighted by atomic mass is 10.0. The standard InChI is InChI=1S/C18H18FN3S/c1-12-10-23-11-18(13-2-5-15(19)6-3-13)22(12)16-7-4-14-9-20-21-17(14)8-16/h2-9,12,18H,10-11H2,1H3,(H,20,21). The molecule has 0 bridgehead atoms. The summed E-state index contributed by atoms with van der Waals surface area (Å²) >= 11 is 1.96. The van der Waals surface area contributed by atoms with Crippen LogP contribution in [-0.2, 0) is 0 Å². The average molecular weight is 327 g/mol. The van der Waals surface area contributed by atoms with E-state index in [-0.39, 0.29) is 11.9 Å². The number of hydrogen-bond donors (Lipinski definition) is 1. The second-order valence-corrected chi connectivity index (χ2v) is 7.08. The van der Waals surface area contributed by atoms with Gasteiger partial charge in [-0.15, -0.1) is 0 Å². The fraction of sp³-hybridized carbons (Fsp3) is 0.278. The van der Waals surface area contributed by atoms with Gasteiger partial charge in [0.2, 0.25) is 0 Å². The van der Waals surface area contributed by atoms with Crippen molar-refractivity contribution in [3.05, 3.63) is 60.0 Å². The molecule has 4 rings (SSSR count). The number of nitrogens with one attached hydrogen (secondary N) is 1. The van der Waals surface area contributed by atoms with Crippen molar-refractivity contribution >= 4 is 28.4 Å². The molecule has 1 fully saturated rings. The maximum atomic E-state index is 13.3. The Hall–Kier alpha value is -2.01. The van der Waals surface area contributed by atoms with E-state index in [1.165, 1.54) is 5.69 Å². The number of anilines is 1. The summed E-state index contributed by atoms with van der Waals surface area (Å²) in [6, 6.07) is 14.0. The number of hydrogen-bond acceptors (Lipinski definition) is 3. The van der Waals surface area contributed by atoms with Crippen LogP contribution >= 0.6 is 11.8 Å². The Morgan fingerprint density at radius 1 is 1.17 bits per heavy atom. The zero-order chi connectivity index (χ0) is 15.8. The zero-order valence-electron chi connectivity index (χ0n) is 12.9.